The van der Waals surface area contributed by atoms with E-state index in [1.807, 2.05) is 0 Å². The number of carbonyl (C=O) groups excluding carboxylic acids is 2. The van der Waals surface area contributed by atoms with E-state index < -0.39 is 10.0 Å². The smallest absolute Gasteiger partial charge is 0.261 e. The number of hydrogen-bond donors (Lipinski definition) is 3. The summed E-state index contributed by atoms with van der Waals surface area (Å²) in [6.45, 7) is 4.11. The third-order valence-electron chi connectivity index (χ3n) is 4.88. The largest absolute Gasteiger partial charge is 0.439 e. The highest BCUT2D eigenvalue weighted by Gasteiger charge is 2.14. The van der Waals surface area contributed by atoms with Crippen molar-refractivity contribution < 1.29 is 22.7 Å². The Balaban J connectivity index is 1.57. The van der Waals surface area contributed by atoms with Crippen LogP contribution in [0.5, 0.6) is 11.6 Å². The van der Waals surface area contributed by atoms with E-state index in [1.165, 1.54) is 37.4 Å². The second kappa shape index (κ2) is 12.0. The van der Waals surface area contributed by atoms with E-state index in [2.05, 4.69) is 27.3 Å². The summed E-state index contributed by atoms with van der Waals surface area (Å²) in [4.78, 5) is 27.5. The van der Waals surface area contributed by atoms with Gasteiger partial charge in [-0.2, -0.15) is 0 Å². The average molecular weight is 497 g/mol. The number of aromatic nitrogens is 1. The van der Waals surface area contributed by atoms with E-state index in [0.717, 1.165) is 19.3 Å². The summed E-state index contributed by atoms with van der Waals surface area (Å²) in [5.74, 6) is 0.342. The van der Waals surface area contributed by atoms with Crippen molar-refractivity contribution in [3.05, 3.63) is 72.4 Å². The first-order valence-electron chi connectivity index (χ1n) is 11.2. The predicted molar refractivity (Wildman–Crippen MR) is 134 cm³/mol. The van der Waals surface area contributed by atoms with Gasteiger partial charge in [0.2, 0.25) is 11.8 Å². The molecular weight excluding hydrogens is 468 g/mol. The van der Waals surface area contributed by atoms with Gasteiger partial charge in [-0.25, -0.2) is 13.4 Å². The van der Waals surface area contributed by atoms with Crippen LogP contribution < -0.4 is 20.1 Å². The minimum absolute atomic E-state index is 0.0608. The van der Waals surface area contributed by atoms with Crippen molar-refractivity contribution in [2.45, 2.75) is 38.0 Å². The Morgan fingerprint density at radius 1 is 0.914 bits per heavy atom. The molecule has 0 aliphatic carbocycles. The van der Waals surface area contributed by atoms with Crippen molar-refractivity contribution in [1.29, 1.82) is 0 Å². The molecule has 2 aromatic carbocycles. The molecule has 3 aromatic rings. The van der Waals surface area contributed by atoms with Crippen molar-refractivity contribution in [1.82, 2.24) is 10.3 Å². The van der Waals surface area contributed by atoms with Gasteiger partial charge in [0.1, 0.15) is 5.75 Å². The molecule has 0 aliphatic heterocycles. The van der Waals surface area contributed by atoms with E-state index in [4.69, 9.17) is 4.74 Å². The fraction of sp³-hybridized carbons (Fsp3) is 0.240. The molecule has 1 heterocycles. The van der Waals surface area contributed by atoms with Crippen molar-refractivity contribution in [3.63, 3.8) is 0 Å². The fourth-order valence-electron chi connectivity index (χ4n) is 3.10. The summed E-state index contributed by atoms with van der Waals surface area (Å²) in [5, 5.41) is 5.44. The third kappa shape index (κ3) is 7.82. The standard InChI is InChI=1S/C25H28N4O5S/c1-3-4-5-16-26-25(31)19-6-15-24(27-17-19)34-22-11-7-21(8-12-22)29-35(32,33)23-13-9-20(10-14-23)28-18(2)30/h6-15,17,29H,3-5,16H2,1-2H3,(H,26,31)(H,28,30). The number of rotatable bonds is 11. The SMILES string of the molecule is CCCCCNC(=O)c1ccc(Oc2ccc(NS(=O)(=O)c3ccc(NC(C)=O)cc3)cc2)nc1. The molecule has 35 heavy (non-hydrogen) atoms. The molecule has 3 rings (SSSR count). The first-order valence-corrected chi connectivity index (χ1v) is 12.7. The molecular formula is C25H28N4O5S. The number of benzene rings is 2. The number of pyridine rings is 1. The third-order valence-corrected chi connectivity index (χ3v) is 6.28. The maximum Gasteiger partial charge on any atom is 0.261 e. The molecule has 9 nitrogen and oxygen atoms in total. The van der Waals surface area contributed by atoms with Gasteiger partial charge in [-0.3, -0.25) is 14.3 Å². The molecule has 2 amide bonds. The minimum atomic E-state index is -3.81. The highest BCUT2D eigenvalue weighted by Crippen LogP contribution is 2.24. The number of sulfonamides is 1. The lowest BCUT2D eigenvalue weighted by Crippen LogP contribution is -2.24. The predicted octanol–water partition coefficient (Wildman–Crippen LogP) is 4.55. The highest BCUT2D eigenvalue weighted by molar-refractivity contribution is 7.92. The zero-order valence-electron chi connectivity index (χ0n) is 19.6. The zero-order valence-corrected chi connectivity index (χ0v) is 20.4. The minimum Gasteiger partial charge on any atom is -0.439 e. The summed E-state index contributed by atoms with van der Waals surface area (Å²) in [6, 6.07) is 15.4. The topological polar surface area (TPSA) is 126 Å². The van der Waals surface area contributed by atoms with Crippen LogP contribution in [-0.2, 0) is 14.8 Å². The Hall–Kier alpha value is -3.92. The molecule has 1 aromatic heterocycles. The summed E-state index contributed by atoms with van der Waals surface area (Å²) < 4.78 is 33.4. The van der Waals surface area contributed by atoms with Crippen molar-refractivity contribution in [2.24, 2.45) is 0 Å². The normalized spacial score (nSPS) is 10.9. The molecule has 0 fully saturated rings. The lowest BCUT2D eigenvalue weighted by molar-refractivity contribution is -0.114. The molecule has 184 valence electrons. The summed E-state index contributed by atoms with van der Waals surface area (Å²) in [7, 11) is -3.81. The first kappa shape index (κ1) is 25.7. The van der Waals surface area contributed by atoms with Gasteiger partial charge < -0.3 is 15.4 Å². The van der Waals surface area contributed by atoms with E-state index in [1.54, 1.807) is 36.4 Å². The molecule has 0 spiro atoms. The molecule has 0 radical (unpaired) electrons. The quantitative estimate of drug-likeness (QED) is 0.334. The van der Waals surface area contributed by atoms with Crippen LogP contribution in [0.2, 0.25) is 0 Å². The van der Waals surface area contributed by atoms with Crippen LogP contribution in [0.1, 0.15) is 43.5 Å². The Morgan fingerprint density at radius 2 is 1.60 bits per heavy atom. The summed E-state index contributed by atoms with van der Waals surface area (Å²) in [5.41, 5.74) is 1.31. The van der Waals surface area contributed by atoms with Crippen molar-refractivity contribution in [2.75, 3.05) is 16.6 Å². The van der Waals surface area contributed by atoms with E-state index in [9.17, 15) is 18.0 Å². The van der Waals surface area contributed by atoms with Crippen LogP contribution in [0, 0.1) is 0 Å². The molecule has 0 saturated heterocycles. The number of hydrogen-bond acceptors (Lipinski definition) is 6. The van der Waals surface area contributed by atoms with Crippen LogP contribution in [0.25, 0.3) is 0 Å². The molecule has 0 saturated carbocycles. The van der Waals surface area contributed by atoms with E-state index in [-0.39, 0.29) is 16.7 Å². The molecule has 0 aliphatic rings. The van der Waals surface area contributed by atoms with Crippen molar-refractivity contribution in [3.8, 4) is 11.6 Å². The van der Waals surface area contributed by atoms with Gasteiger partial charge in [0.15, 0.2) is 0 Å². The monoisotopic (exact) mass is 496 g/mol. The Bertz CT molecular complexity index is 1240. The lowest BCUT2D eigenvalue weighted by atomic mass is 10.2. The number of unbranched alkanes of at least 4 members (excludes halogenated alkanes) is 2. The summed E-state index contributed by atoms with van der Waals surface area (Å²) in [6.07, 6.45) is 4.54. The number of carbonyl (C=O) groups is 2. The Labute approximate surface area is 205 Å². The van der Waals surface area contributed by atoms with Gasteiger partial charge in [0.05, 0.1) is 10.5 Å². The second-order valence-corrected chi connectivity index (χ2v) is 9.47. The molecule has 3 N–H and O–H groups in total. The van der Waals surface area contributed by atoms with Crippen LogP contribution in [0.3, 0.4) is 0 Å². The Kier molecular flexibility index (Phi) is 8.80. The zero-order chi connectivity index (χ0) is 25.3. The second-order valence-electron chi connectivity index (χ2n) is 7.79. The van der Waals surface area contributed by atoms with Gasteiger partial charge in [0.25, 0.3) is 15.9 Å². The van der Waals surface area contributed by atoms with Crippen LogP contribution in [-0.4, -0.2) is 31.8 Å². The number of nitrogens with one attached hydrogen (secondary N) is 3. The lowest BCUT2D eigenvalue weighted by Gasteiger charge is -2.10. The van der Waals surface area contributed by atoms with E-state index in [0.29, 0.717) is 35.1 Å². The van der Waals surface area contributed by atoms with E-state index >= 15 is 0 Å². The van der Waals surface area contributed by atoms with Gasteiger partial charge in [0, 0.05) is 37.1 Å². The number of nitrogens with zero attached hydrogens (tertiary/aromatic N) is 1. The molecule has 0 atom stereocenters. The number of amides is 2. The van der Waals surface area contributed by atoms with Crippen molar-refractivity contribution >= 4 is 33.2 Å². The maximum absolute atomic E-state index is 12.6. The molecule has 0 unspecified atom stereocenters. The first-order chi connectivity index (χ1) is 16.8. The molecule has 0 bridgehead atoms. The maximum atomic E-state index is 12.6. The number of anilines is 2. The van der Waals surface area contributed by atoms with Crippen LogP contribution >= 0.6 is 0 Å². The summed E-state index contributed by atoms with van der Waals surface area (Å²) >= 11 is 0. The Morgan fingerprint density at radius 3 is 2.20 bits per heavy atom. The number of ether oxygens (including phenoxy) is 1. The van der Waals surface area contributed by atoms with Gasteiger partial charge in [-0.1, -0.05) is 19.8 Å². The van der Waals surface area contributed by atoms with Gasteiger partial charge in [-0.15, -0.1) is 0 Å². The van der Waals surface area contributed by atoms with Crippen LogP contribution in [0.4, 0.5) is 11.4 Å². The van der Waals surface area contributed by atoms with Gasteiger partial charge >= 0.3 is 0 Å². The highest BCUT2D eigenvalue weighted by atomic mass is 32.2. The fourth-order valence-corrected chi connectivity index (χ4v) is 4.16. The molecule has 10 heteroatoms. The average Bonchev–Trinajstić information content (AvgIpc) is 2.83. The van der Waals surface area contributed by atoms with Crippen LogP contribution in [0.15, 0.2) is 71.8 Å². The van der Waals surface area contributed by atoms with Gasteiger partial charge in [-0.05, 0) is 61.0 Å².